The highest BCUT2D eigenvalue weighted by molar-refractivity contribution is 5.92. The molecular formula is C26H33N3O3. The molecule has 2 aromatic carbocycles. The summed E-state index contributed by atoms with van der Waals surface area (Å²) < 4.78 is 0. The summed E-state index contributed by atoms with van der Waals surface area (Å²) in [5.74, 6) is -0.623. The zero-order valence-corrected chi connectivity index (χ0v) is 18.7. The highest BCUT2D eigenvalue weighted by Gasteiger charge is 2.32. The largest absolute Gasteiger partial charge is 0.381 e. The van der Waals surface area contributed by atoms with Crippen LogP contribution < -0.4 is 5.32 Å². The van der Waals surface area contributed by atoms with Crippen molar-refractivity contribution >= 4 is 17.9 Å². The monoisotopic (exact) mass is 435 g/mol. The second-order valence-electron chi connectivity index (χ2n) is 8.18. The third-order valence-corrected chi connectivity index (χ3v) is 5.72. The number of rotatable bonds is 9. The Morgan fingerprint density at radius 2 is 1.62 bits per heavy atom. The number of hydrogen-bond donors (Lipinski definition) is 2. The van der Waals surface area contributed by atoms with Crippen LogP contribution in [-0.4, -0.2) is 65.0 Å². The van der Waals surface area contributed by atoms with Crippen molar-refractivity contribution in [2.45, 2.75) is 38.5 Å². The van der Waals surface area contributed by atoms with Crippen molar-refractivity contribution < 1.29 is 14.7 Å². The van der Waals surface area contributed by atoms with Gasteiger partial charge in [0.25, 0.3) is 5.91 Å². The number of aliphatic hydroxyl groups is 1. The number of carbonyl (C=O) groups excluding carboxylic acids is 2. The summed E-state index contributed by atoms with van der Waals surface area (Å²) in [5.41, 5.74) is 2.17. The first-order valence-corrected chi connectivity index (χ1v) is 11.3. The van der Waals surface area contributed by atoms with Crippen LogP contribution in [0.4, 0.5) is 0 Å². The summed E-state index contributed by atoms with van der Waals surface area (Å²) >= 11 is 0. The van der Waals surface area contributed by atoms with E-state index >= 15 is 0 Å². The molecule has 0 aliphatic carbocycles. The normalized spacial score (nSPS) is 16.6. The third kappa shape index (κ3) is 7.04. The Hall–Kier alpha value is -2.96. The van der Waals surface area contributed by atoms with Crippen molar-refractivity contribution in [2.24, 2.45) is 0 Å². The summed E-state index contributed by atoms with van der Waals surface area (Å²) in [7, 11) is 0. The van der Waals surface area contributed by atoms with Gasteiger partial charge in [0, 0.05) is 38.8 Å². The predicted molar refractivity (Wildman–Crippen MR) is 127 cm³/mol. The molecule has 2 amide bonds. The Labute approximate surface area is 190 Å². The molecule has 1 heterocycles. The fraction of sp³-hybridized carbons (Fsp3) is 0.385. The number of carbonyl (C=O) groups is 2. The SMILES string of the molecule is CCC[C@H](NC(=O)/C=C/c1ccccc1)[C@H](O)C(=O)N1CCN(Cc2ccccc2)CC1. The minimum atomic E-state index is -1.25. The highest BCUT2D eigenvalue weighted by Crippen LogP contribution is 2.12. The molecule has 32 heavy (non-hydrogen) atoms. The molecule has 0 saturated carbocycles. The van der Waals surface area contributed by atoms with Gasteiger partial charge in [-0.25, -0.2) is 0 Å². The Morgan fingerprint density at radius 3 is 2.25 bits per heavy atom. The van der Waals surface area contributed by atoms with Crippen molar-refractivity contribution in [3.05, 3.63) is 77.9 Å². The molecule has 3 rings (SSSR count). The molecule has 6 nitrogen and oxygen atoms in total. The molecule has 0 bridgehead atoms. The maximum atomic E-state index is 12.9. The van der Waals surface area contributed by atoms with E-state index in [9.17, 15) is 14.7 Å². The Balaban J connectivity index is 1.51. The van der Waals surface area contributed by atoms with Crippen LogP contribution in [0.25, 0.3) is 6.08 Å². The van der Waals surface area contributed by atoms with Gasteiger partial charge in [-0.1, -0.05) is 74.0 Å². The van der Waals surface area contributed by atoms with Crippen molar-refractivity contribution in [3.63, 3.8) is 0 Å². The smallest absolute Gasteiger partial charge is 0.253 e. The van der Waals surface area contributed by atoms with E-state index in [-0.39, 0.29) is 11.8 Å². The number of nitrogens with one attached hydrogen (secondary N) is 1. The molecule has 1 aliphatic rings. The Morgan fingerprint density at radius 1 is 1.00 bits per heavy atom. The van der Waals surface area contributed by atoms with Crippen molar-refractivity contribution in [3.8, 4) is 0 Å². The van der Waals surface area contributed by atoms with E-state index < -0.39 is 12.1 Å². The molecule has 170 valence electrons. The molecule has 0 spiro atoms. The molecular weight excluding hydrogens is 402 g/mol. The molecule has 0 radical (unpaired) electrons. The molecule has 1 saturated heterocycles. The van der Waals surface area contributed by atoms with Gasteiger partial charge >= 0.3 is 0 Å². The van der Waals surface area contributed by atoms with Gasteiger partial charge in [-0.3, -0.25) is 14.5 Å². The van der Waals surface area contributed by atoms with E-state index in [2.05, 4.69) is 22.3 Å². The first-order chi connectivity index (χ1) is 15.6. The average Bonchev–Trinajstić information content (AvgIpc) is 2.83. The third-order valence-electron chi connectivity index (χ3n) is 5.72. The molecule has 2 aromatic rings. The van der Waals surface area contributed by atoms with E-state index in [1.165, 1.54) is 11.6 Å². The molecule has 2 atom stereocenters. The number of aliphatic hydroxyl groups excluding tert-OH is 1. The summed E-state index contributed by atoms with van der Waals surface area (Å²) in [6.07, 6.45) is 3.20. The van der Waals surface area contributed by atoms with E-state index in [0.717, 1.165) is 31.6 Å². The summed E-state index contributed by atoms with van der Waals surface area (Å²) in [6.45, 7) is 5.50. The van der Waals surface area contributed by atoms with Gasteiger partial charge in [-0.05, 0) is 23.6 Å². The summed E-state index contributed by atoms with van der Waals surface area (Å²) in [4.78, 5) is 29.3. The minimum Gasteiger partial charge on any atom is -0.381 e. The van der Waals surface area contributed by atoms with Crippen LogP contribution in [-0.2, 0) is 16.1 Å². The number of benzene rings is 2. The van der Waals surface area contributed by atoms with Crippen LogP contribution in [0.3, 0.4) is 0 Å². The van der Waals surface area contributed by atoms with Crippen LogP contribution in [0.2, 0.25) is 0 Å². The molecule has 1 aliphatic heterocycles. The molecule has 1 fully saturated rings. The van der Waals surface area contributed by atoms with Gasteiger partial charge in [-0.2, -0.15) is 0 Å². The Kier molecular flexibility index (Phi) is 9.01. The lowest BCUT2D eigenvalue weighted by Gasteiger charge is -2.36. The maximum absolute atomic E-state index is 12.9. The summed E-state index contributed by atoms with van der Waals surface area (Å²) in [6, 6.07) is 19.2. The van der Waals surface area contributed by atoms with E-state index in [1.807, 2.05) is 55.5 Å². The van der Waals surface area contributed by atoms with Crippen LogP contribution in [0.15, 0.2) is 66.7 Å². The predicted octanol–water partition coefficient (Wildman–Crippen LogP) is 2.69. The standard InChI is InChI=1S/C26H33N3O3/c1-2-9-23(27-24(30)15-14-21-10-5-3-6-11-21)25(31)26(32)29-18-16-28(17-19-29)20-22-12-7-4-8-13-22/h3-8,10-15,23,25,31H,2,9,16-20H2,1H3,(H,27,30)/b15-14+/t23-,25-/m0/s1. The second-order valence-corrected chi connectivity index (χ2v) is 8.18. The topological polar surface area (TPSA) is 72.9 Å². The number of nitrogens with zero attached hydrogens (tertiary/aromatic N) is 2. The fourth-order valence-corrected chi connectivity index (χ4v) is 3.91. The van der Waals surface area contributed by atoms with Gasteiger partial charge < -0.3 is 15.3 Å². The lowest BCUT2D eigenvalue weighted by Crippen LogP contribution is -2.56. The average molecular weight is 436 g/mol. The zero-order valence-electron chi connectivity index (χ0n) is 18.7. The molecule has 6 heteroatoms. The lowest BCUT2D eigenvalue weighted by atomic mass is 10.0. The second kappa shape index (κ2) is 12.2. The van der Waals surface area contributed by atoms with E-state index in [0.29, 0.717) is 19.5 Å². The van der Waals surface area contributed by atoms with Crippen molar-refractivity contribution in [1.29, 1.82) is 0 Å². The first kappa shape index (κ1) is 23.7. The van der Waals surface area contributed by atoms with E-state index in [1.54, 1.807) is 11.0 Å². The van der Waals surface area contributed by atoms with Gasteiger partial charge in [-0.15, -0.1) is 0 Å². The van der Waals surface area contributed by atoms with Gasteiger partial charge in [0.2, 0.25) is 5.91 Å². The zero-order chi connectivity index (χ0) is 22.8. The van der Waals surface area contributed by atoms with Gasteiger partial charge in [0.1, 0.15) is 0 Å². The molecule has 0 aromatic heterocycles. The highest BCUT2D eigenvalue weighted by atomic mass is 16.3. The lowest BCUT2D eigenvalue weighted by molar-refractivity contribution is -0.144. The number of piperazine rings is 1. The van der Waals surface area contributed by atoms with Crippen LogP contribution in [0.1, 0.15) is 30.9 Å². The fourth-order valence-electron chi connectivity index (χ4n) is 3.91. The minimum absolute atomic E-state index is 0.310. The van der Waals surface area contributed by atoms with Crippen LogP contribution in [0, 0.1) is 0 Å². The van der Waals surface area contributed by atoms with Gasteiger partial charge in [0.15, 0.2) is 6.10 Å². The Bertz CT molecular complexity index is 878. The number of amides is 2. The van der Waals surface area contributed by atoms with Crippen LogP contribution >= 0.6 is 0 Å². The van der Waals surface area contributed by atoms with Crippen molar-refractivity contribution in [2.75, 3.05) is 26.2 Å². The quantitative estimate of drug-likeness (QED) is 0.594. The van der Waals surface area contributed by atoms with Gasteiger partial charge in [0.05, 0.1) is 6.04 Å². The van der Waals surface area contributed by atoms with Crippen LogP contribution in [0.5, 0.6) is 0 Å². The maximum Gasteiger partial charge on any atom is 0.253 e. The summed E-state index contributed by atoms with van der Waals surface area (Å²) in [5, 5.41) is 13.6. The number of hydrogen-bond acceptors (Lipinski definition) is 4. The first-order valence-electron chi connectivity index (χ1n) is 11.3. The van der Waals surface area contributed by atoms with E-state index in [4.69, 9.17) is 0 Å². The molecule has 0 unspecified atom stereocenters. The van der Waals surface area contributed by atoms with Crippen molar-refractivity contribution in [1.82, 2.24) is 15.1 Å². The molecule has 2 N–H and O–H groups in total.